The van der Waals surface area contributed by atoms with Crippen molar-refractivity contribution in [3.63, 3.8) is 0 Å². The predicted octanol–water partition coefficient (Wildman–Crippen LogP) is 4.39. The van der Waals surface area contributed by atoms with Gasteiger partial charge in [-0.25, -0.2) is 0 Å². The highest BCUT2D eigenvalue weighted by Gasteiger charge is 2.46. The Bertz CT molecular complexity index is 1390. The van der Waals surface area contributed by atoms with Gasteiger partial charge in [-0.1, -0.05) is 78.9 Å². The van der Waals surface area contributed by atoms with E-state index in [1.54, 1.807) is 16.7 Å². The lowest BCUT2D eigenvalue weighted by molar-refractivity contribution is -0.139. The van der Waals surface area contributed by atoms with Crippen molar-refractivity contribution in [2.45, 2.75) is 26.7 Å². The first kappa shape index (κ1) is 29.4. The Labute approximate surface area is 248 Å². The molecule has 3 aromatic carbocycles. The molecule has 2 fully saturated rings. The molecular formula is C35H39N3O4. The van der Waals surface area contributed by atoms with Gasteiger partial charge < -0.3 is 9.80 Å². The molecule has 0 aliphatic carbocycles. The van der Waals surface area contributed by atoms with Gasteiger partial charge >= 0.3 is 0 Å². The molecule has 2 unspecified atom stereocenters. The number of piperidine rings is 1. The minimum absolute atomic E-state index is 0.0140. The third-order valence-corrected chi connectivity index (χ3v) is 9.01. The van der Waals surface area contributed by atoms with E-state index in [9.17, 15) is 19.2 Å². The van der Waals surface area contributed by atoms with E-state index in [1.165, 1.54) is 0 Å². The number of carbonyl (C=O) groups is 4. The average Bonchev–Trinajstić information content (AvgIpc) is 3.02. The normalized spacial score (nSPS) is 21.2. The first-order chi connectivity index (χ1) is 20.2. The molecule has 3 aromatic rings. The second-order valence-electron chi connectivity index (χ2n) is 11.6. The van der Waals surface area contributed by atoms with Crippen LogP contribution in [-0.4, -0.2) is 83.9 Å². The van der Waals surface area contributed by atoms with Crippen LogP contribution in [0.2, 0.25) is 0 Å². The number of nitrogens with zero attached hydrogens (tertiary/aromatic N) is 3. The highest BCUT2D eigenvalue weighted by atomic mass is 16.2. The molecule has 0 aromatic heterocycles. The summed E-state index contributed by atoms with van der Waals surface area (Å²) in [4.78, 5) is 59.3. The van der Waals surface area contributed by atoms with Crippen LogP contribution in [0.3, 0.4) is 0 Å². The molecule has 2 atom stereocenters. The van der Waals surface area contributed by atoms with Crippen LogP contribution in [0.15, 0.2) is 78.9 Å². The standard InChI is InChI=1S/C35H39N3O4/c1-24-11-10-16-29(25(24)2)33-30(34(41)27-12-6-4-7-13-27)21-36(22-31(33)35(42)28-14-8-5-9-15-28)23-32(40)38-19-17-37(18-20-38)26(3)39/h4-16,30-31,33H,17-23H2,1-3H3. The number of rotatable bonds is 7. The summed E-state index contributed by atoms with van der Waals surface area (Å²) in [7, 11) is 0. The lowest BCUT2D eigenvalue weighted by Crippen LogP contribution is -2.55. The van der Waals surface area contributed by atoms with Gasteiger partial charge in [0.1, 0.15) is 0 Å². The van der Waals surface area contributed by atoms with Gasteiger partial charge in [-0.3, -0.25) is 24.1 Å². The van der Waals surface area contributed by atoms with Crippen LogP contribution in [0.5, 0.6) is 0 Å². The summed E-state index contributed by atoms with van der Waals surface area (Å²) in [6.07, 6.45) is 0. The summed E-state index contributed by atoms with van der Waals surface area (Å²) >= 11 is 0. The maximum absolute atomic E-state index is 14.2. The third kappa shape index (κ3) is 6.21. The number of hydrogen-bond acceptors (Lipinski definition) is 5. The molecule has 2 aliphatic rings. The van der Waals surface area contributed by atoms with E-state index in [0.717, 1.165) is 16.7 Å². The summed E-state index contributed by atoms with van der Waals surface area (Å²) in [5.74, 6) is -1.42. The van der Waals surface area contributed by atoms with E-state index >= 15 is 0 Å². The number of ketones is 2. The Balaban J connectivity index is 1.51. The van der Waals surface area contributed by atoms with E-state index < -0.39 is 11.8 Å². The average molecular weight is 566 g/mol. The maximum Gasteiger partial charge on any atom is 0.236 e. The van der Waals surface area contributed by atoms with E-state index in [-0.39, 0.29) is 35.8 Å². The second kappa shape index (κ2) is 12.8. The molecule has 7 nitrogen and oxygen atoms in total. The molecule has 5 rings (SSSR count). The van der Waals surface area contributed by atoms with Gasteiger partial charge in [0.15, 0.2) is 11.6 Å². The summed E-state index contributed by atoms with van der Waals surface area (Å²) in [5, 5.41) is 0. The van der Waals surface area contributed by atoms with Gasteiger partial charge in [-0.05, 0) is 30.5 Å². The molecule has 2 aliphatic heterocycles. The van der Waals surface area contributed by atoms with Crippen molar-refractivity contribution >= 4 is 23.4 Å². The van der Waals surface area contributed by atoms with Crippen LogP contribution in [0.1, 0.15) is 50.2 Å². The molecule has 0 bridgehead atoms. The van der Waals surface area contributed by atoms with Crippen molar-refractivity contribution in [2.24, 2.45) is 11.8 Å². The Hall–Kier alpha value is -4.10. The van der Waals surface area contributed by atoms with Gasteiger partial charge in [0, 0.05) is 75.1 Å². The number of hydrogen-bond donors (Lipinski definition) is 0. The minimum atomic E-state index is -0.512. The molecule has 42 heavy (non-hydrogen) atoms. The topological polar surface area (TPSA) is 78.0 Å². The summed E-state index contributed by atoms with van der Waals surface area (Å²) in [6, 6.07) is 24.6. The number of amides is 2. The highest BCUT2D eigenvalue weighted by molar-refractivity contribution is 6.02. The fourth-order valence-electron chi connectivity index (χ4n) is 6.52. The summed E-state index contributed by atoms with van der Waals surface area (Å²) in [6.45, 7) is 8.54. The fraction of sp³-hybridized carbons (Fsp3) is 0.371. The zero-order valence-corrected chi connectivity index (χ0v) is 24.7. The van der Waals surface area contributed by atoms with Crippen molar-refractivity contribution in [2.75, 3.05) is 45.8 Å². The smallest absolute Gasteiger partial charge is 0.236 e. The van der Waals surface area contributed by atoms with Crippen LogP contribution in [0.25, 0.3) is 0 Å². The first-order valence-electron chi connectivity index (χ1n) is 14.7. The highest BCUT2D eigenvalue weighted by Crippen LogP contribution is 2.42. The quantitative estimate of drug-likeness (QED) is 0.397. The number of likely N-dealkylation sites (tertiary alicyclic amines) is 1. The lowest BCUT2D eigenvalue weighted by Gasteiger charge is -2.44. The lowest BCUT2D eigenvalue weighted by atomic mass is 9.67. The largest absolute Gasteiger partial charge is 0.339 e. The molecule has 2 amide bonds. The maximum atomic E-state index is 14.2. The number of piperazine rings is 1. The monoisotopic (exact) mass is 565 g/mol. The van der Waals surface area contributed by atoms with Crippen LogP contribution in [0, 0.1) is 25.7 Å². The number of Topliss-reactive ketones (excluding diaryl/α,β-unsaturated/α-hetero) is 2. The zero-order valence-electron chi connectivity index (χ0n) is 24.7. The number of carbonyl (C=O) groups excluding carboxylic acids is 4. The summed E-state index contributed by atoms with van der Waals surface area (Å²) in [5.41, 5.74) is 4.44. The van der Waals surface area contributed by atoms with Crippen molar-refractivity contribution < 1.29 is 19.2 Å². The Kier molecular flexibility index (Phi) is 8.97. The minimum Gasteiger partial charge on any atom is -0.339 e. The van der Waals surface area contributed by atoms with Crippen molar-refractivity contribution in [3.8, 4) is 0 Å². The Morgan fingerprint density at radius 2 is 1.17 bits per heavy atom. The Morgan fingerprint density at radius 1 is 0.667 bits per heavy atom. The molecular weight excluding hydrogens is 526 g/mol. The predicted molar refractivity (Wildman–Crippen MR) is 162 cm³/mol. The first-order valence-corrected chi connectivity index (χ1v) is 14.7. The van der Waals surface area contributed by atoms with Gasteiger partial charge in [0.05, 0.1) is 6.54 Å². The molecule has 218 valence electrons. The Morgan fingerprint density at radius 3 is 1.67 bits per heavy atom. The molecule has 0 spiro atoms. The van der Waals surface area contributed by atoms with Crippen molar-refractivity contribution in [3.05, 3.63) is 107 Å². The molecule has 0 radical (unpaired) electrons. The molecule has 2 saturated heterocycles. The molecule has 7 heteroatoms. The van der Waals surface area contributed by atoms with Gasteiger partial charge in [0.2, 0.25) is 11.8 Å². The van der Waals surface area contributed by atoms with Crippen molar-refractivity contribution in [1.29, 1.82) is 0 Å². The van der Waals surface area contributed by atoms with E-state index in [1.807, 2.05) is 71.6 Å². The molecule has 0 saturated carbocycles. The van der Waals surface area contributed by atoms with Crippen molar-refractivity contribution in [1.82, 2.24) is 14.7 Å². The van der Waals surface area contributed by atoms with Crippen LogP contribution >= 0.6 is 0 Å². The van der Waals surface area contributed by atoms with Gasteiger partial charge in [-0.2, -0.15) is 0 Å². The molecule has 0 N–H and O–H groups in total. The van der Waals surface area contributed by atoms with Crippen LogP contribution < -0.4 is 0 Å². The molecule has 2 heterocycles. The summed E-state index contributed by atoms with van der Waals surface area (Å²) < 4.78 is 0. The van der Waals surface area contributed by atoms with Crippen LogP contribution in [-0.2, 0) is 9.59 Å². The van der Waals surface area contributed by atoms with Gasteiger partial charge in [0.25, 0.3) is 0 Å². The SMILES string of the molecule is CC(=O)N1CCN(C(=O)CN2CC(C(=O)c3ccccc3)C(c3cccc(C)c3C)C(C(=O)c3ccccc3)C2)CC1. The number of benzene rings is 3. The fourth-order valence-corrected chi connectivity index (χ4v) is 6.52. The third-order valence-electron chi connectivity index (χ3n) is 9.01. The second-order valence-corrected chi connectivity index (χ2v) is 11.6. The number of aryl methyl sites for hydroxylation is 1. The van der Waals surface area contributed by atoms with E-state index in [2.05, 4.69) is 26.0 Å². The van der Waals surface area contributed by atoms with Gasteiger partial charge in [-0.15, -0.1) is 0 Å². The van der Waals surface area contributed by atoms with E-state index in [0.29, 0.717) is 50.4 Å². The zero-order chi connectivity index (χ0) is 29.8. The van der Waals surface area contributed by atoms with E-state index in [4.69, 9.17) is 0 Å². The van der Waals surface area contributed by atoms with Crippen LogP contribution in [0.4, 0.5) is 0 Å².